The molecular weight excluding hydrogens is 444 g/mol. The SMILES string of the molecule is Cc1oc(-c2ccccc2)nc1CCOc1ccc(CCC(=O)O)c(CN(C)C(=O)C2CCC2)c1. The molecule has 35 heavy (non-hydrogen) atoms. The fourth-order valence-electron chi connectivity index (χ4n) is 4.25. The van der Waals surface area contributed by atoms with Gasteiger partial charge in [-0.1, -0.05) is 30.7 Å². The van der Waals surface area contributed by atoms with Crippen LogP contribution in [-0.4, -0.2) is 40.5 Å². The van der Waals surface area contributed by atoms with Gasteiger partial charge in [-0.25, -0.2) is 4.98 Å². The van der Waals surface area contributed by atoms with E-state index >= 15 is 0 Å². The number of carbonyl (C=O) groups excluding carboxylic acids is 1. The summed E-state index contributed by atoms with van der Waals surface area (Å²) < 4.78 is 11.9. The Bertz CT molecular complexity index is 1170. The summed E-state index contributed by atoms with van der Waals surface area (Å²) in [5, 5.41) is 9.12. The highest BCUT2D eigenvalue weighted by Crippen LogP contribution is 2.29. The highest BCUT2D eigenvalue weighted by Gasteiger charge is 2.28. The fourth-order valence-corrected chi connectivity index (χ4v) is 4.25. The van der Waals surface area contributed by atoms with Crippen molar-refractivity contribution in [3.8, 4) is 17.2 Å². The van der Waals surface area contributed by atoms with Crippen molar-refractivity contribution in [1.82, 2.24) is 9.88 Å². The molecule has 0 radical (unpaired) electrons. The van der Waals surface area contributed by atoms with Crippen molar-refractivity contribution in [3.63, 3.8) is 0 Å². The molecule has 7 heteroatoms. The summed E-state index contributed by atoms with van der Waals surface area (Å²) in [6, 6.07) is 15.5. The van der Waals surface area contributed by atoms with Gasteiger partial charge in [0.1, 0.15) is 11.5 Å². The van der Waals surface area contributed by atoms with Gasteiger partial charge in [0.15, 0.2) is 0 Å². The Morgan fingerprint density at radius 2 is 1.89 bits per heavy atom. The van der Waals surface area contributed by atoms with Crippen molar-refractivity contribution < 1.29 is 23.8 Å². The lowest BCUT2D eigenvalue weighted by molar-refractivity contribution is -0.138. The molecule has 0 spiro atoms. The van der Waals surface area contributed by atoms with Gasteiger partial charge in [0.05, 0.1) is 12.3 Å². The van der Waals surface area contributed by atoms with E-state index in [4.69, 9.17) is 14.3 Å². The molecule has 184 valence electrons. The van der Waals surface area contributed by atoms with Crippen LogP contribution in [0, 0.1) is 12.8 Å². The van der Waals surface area contributed by atoms with E-state index in [1.807, 2.05) is 62.5 Å². The number of aryl methyl sites for hydroxylation is 2. The lowest BCUT2D eigenvalue weighted by Gasteiger charge is -2.29. The molecular formula is C28H32N2O5. The molecule has 0 saturated heterocycles. The van der Waals surface area contributed by atoms with Crippen LogP contribution < -0.4 is 4.74 Å². The number of nitrogens with zero attached hydrogens (tertiary/aromatic N) is 2. The fraction of sp³-hybridized carbons (Fsp3) is 0.393. The lowest BCUT2D eigenvalue weighted by atomic mass is 9.84. The van der Waals surface area contributed by atoms with Crippen molar-refractivity contribution in [2.45, 2.75) is 52.0 Å². The molecule has 1 N–H and O–H groups in total. The van der Waals surface area contributed by atoms with E-state index in [9.17, 15) is 9.59 Å². The van der Waals surface area contributed by atoms with Crippen molar-refractivity contribution in [2.75, 3.05) is 13.7 Å². The Kier molecular flexibility index (Phi) is 7.85. The molecule has 0 atom stereocenters. The zero-order chi connectivity index (χ0) is 24.8. The summed E-state index contributed by atoms with van der Waals surface area (Å²) in [7, 11) is 1.81. The Hall–Kier alpha value is -3.61. The molecule has 0 bridgehead atoms. The van der Waals surface area contributed by atoms with Gasteiger partial charge in [-0.3, -0.25) is 9.59 Å². The predicted octanol–water partition coefficient (Wildman–Crippen LogP) is 5.05. The summed E-state index contributed by atoms with van der Waals surface area (Å²) in [5.41, 5.74) is 3.63. The van der Waals surface area contributed by atoms with Gasteiger partial charge in [-0.05, 0) is 61.6 Å². The normalized spacial score (nSPS) is 13.3. The van der Waals surface area contributed by atoms with Gasteiger partial charge < -0.3 is 19.2 Å². The largest absolute Gasteiger partial charge is 0.493 e. The van der Waals surface area contributed by atoms with Crippen LogP contribution in [0.4, 0.5) is 0 Å². The molecule has 1 aliphatic rings. The van der Waals surface area contributed by atoms with Gasteiger partial charge >= 0.3 is 5.97 Å². The highest BCUT2D eigenvalue weighted by atomic mass is 16.5. The van der Waals surface area contributed by atoms with E-state index in [0.29, 0.717) is 37.6 Å². The third-order valence-corrected chi connectivity index (χ3v) is 6.55. The van der Waals surface area contributed by atoms with Gasteiger partial charge in [0.25, 0.3) is 0 Å². The number of carbonyl (C=O) groups is 2. The second-order valence-electron chi connectivity index (χ2n) is 9.13. The molecule has 1 aromatic heterocycles. The summed E-state index contributed by atoms with van der Waals surface area (Å²) in [5.74, 6) is 1.49. The molecule has 0 aliphatic heterocycles. The third kappa shape index (κ3) is 6.29. The number of carboxylic acids is 1. The number of carboxylic acid groups (broad SMARTS) is 1. The molecule has 2 aromatic carbocycles. The van der Waals surface area contributed by atoms with Crippen LogP contribution in [0.5, 0.6) is 5.75 Å². The summed E-state index contributed by atoms with van der Waals surface area (Å²) >= 11 is 0. The first-order valence-electron chi connectivity index (χ1n) is 12.1. The molecule has 1 amide bonds. The number of aliphatic carboxylic acids is 1. The number of aromatic nitrogens is 1. The standard InChI is InChI=1S/C28H32N2O5/c1-19-25(29-27(35-19)21-7-4-3-5-8-21)15-16-34-24-13-11-20(12-14-26(31)32)23(17-24)18-30(2)28(33)22-9-6-10-22/h3-5,7-8,11,13,17,22H,6,9-10,12,14-16,18H2,1-2H3,(H,31,32). The van der Waals surface area contributed by atoms with Crippen molar-refractivity contribution >= 4 is 11.9 Å². The first kappa shape index (κ1) is 24.5. The van der Waals surface area contributed by atoms with Crippen LogP contribution >= 0.6 is 0 Å². The van der Waals surface area contributed by atoms with Crippen LogP contribution in [0.25, 0.3) is 11.5 Å². The minimum atomic E-state index is -0.840. The van der Waals surface area contributed by atoms with E-state index in [1.165, 1.54) is 0 Å². The maximum absolute atomic E-state index is 12.6. The Morgan fingerprint density at radius 1 is 1.11 bits per heavy atom. The molecule has 1 heterocycles. The monoisotopic (exact) mass is 476 g/mol. The van der Waals surface area contributed by atoms with Gasteiger partial charge in [0.2, 0.25) is 11.8 Å². The smallest absolute Gasteiger partial charge is 0.303 e. The molecule has 0 unspecified atom stereocenters. The van der Waals surface area contributed by atoms with Gasteiger partial charge in [-0.2, -0.15) is 0 Å². The van der Waals surface area contributed by atoms with E-state index < -0.39 is 5.97 Å². The van der Waals surface area contributed by atoms with Crippen molar-refractivity contribution in [3.05, 3.63) is 71.1 Å². The Balaban J connectivity index is 1.41. The van der Waals surface area contributed by atoms with Crippen molar-refractivity contribution in [1.29, 1.82) is 0 Å². The average molecular weight is 477 g/mol. The molecule has 4 rings (SSSR count). The molecule has 1 aliphatic carbocycles. The van der Waals surface area contributed by atoms with Crippen LogP contribution in [-0.2, 0) is 29.0 Å². The van der Waals surface area contributed by atoms with E-state index in [1.54, 1.807) is 4.90 Å². The van der Waals surface area contributed by atoms with Crippen LogP contribution in [0.2, 0.25) is 0 Å². The second kappa shape index (κ2) is 11.2. The minimum Gasteiger partial charge on any atom is -0.493 e. The zero-order valence-electron chi connectivity index (χ0n) is 20.3. The van der Waals surface area contributed by atoms with Gasteiger partial charge in [-0.15, -0.1) is 0 Å². The average Bonchev–Trinajstić information content (AvgIpc) is 3.18. The quantitative estimate of drug-likeness (QED) is 0.416. The number of benzene rings is 2. The van der Waals surface area contributed by atoms with Crippen LogP contribution in [0.15, 0.2) is 52.9 Å². The summed E-state index contributed by atoms with van der Waals surface area (Å²) in [4.78, 5) is 30.1. The maximum atomic E-state index is 12.6. The van der Waals surface area contributed by atoms with Crippen LogP contribution in [0.3, 0.4) is 0 Å². The zero-order valence-corrected chi connectivity index (χ0v) is 20.3. The number of rotatable bonds is 11. The maximum Gasteiger partial charge on any atom is 0.303 e. The topological polar surface area (TPSA) is 92.9 Å². The number of hydrogen-bond donors (Lipinski definition) is 1. The van der Waals surface area contributed by atoms with E-state index in [0.717, 1.165) is 47.4 Å². The van der Waals surface area contributed by atoms with Crippen molar-refractivity contribution in [2.24, 2.45) is 5.92 Å². The first-order chi connectivity index (χ1) is 16.9. The number of amides is 1. The lowest BCUT2D eigenvalue weighted by Crippen LogP contribution is -2.35. The summed E-state index contributed by atoms with van der Waals surface area (Å²) in [6.07, 6.45) is 4.06. The first-order valence-corrected chi connectivity index (χ1v) is 12.1. The Labute approximate surface area is 205 Å². The highest BCUT2D eigenvalue weighted by molar-refractivity contribution is 5.79. The van der Waals surface area contributed by atoms with E-state index in [-0.39, 0.29) is 18.2 Å². The third-order valence-electron chi connectivity index (χ3n) is 6.55. The number of oxazole rings is 1. The molecule has 7 nitrogen and oxygen atoms in total. The predicted molar refractivity (Wildman–Crippen MR) is 132 cm³/mol. The molecule has 1 saturated carbocycles. The Morgan fingerprint density at radius 3 is 2.57 bits per heavy atom. The summed E-state index contributed by atoms with van der Waals surface area (Å²) in [6.45, 7) is 2.76. The number of hydrogen-bond acceptors (Lipinski definition) is 5. The molecule has 1 fully saturated rings. The second-order valence-corrected chi connectivity index (χ2v) is 9.13. The van der Waals surface area contributed by atoms with Gasteiger partial charge in [0, 0.05) is 37.9 Å². The van der Waals surface area contributed by atoms with Crippen LogP contribution in [0.1, 0.15) is 48.3 Å². The minimum absolute atomic E-state index is 0.0443. The number of ether oxygens (including phenoxy) is 1. The molecule has 3 aromatic rings. The van der Waals surface area contributed by atoms with E-state index in [2.05, 4.69) is 4.98 Å².